The smallest absolute Gasteiger partial charge is 0.0724 e. The molecular weight excluding hydrogens is 240 g/mol. The Hall–Kier alpha value is -0.630. The lowest BCUT2D eigenvalue weighted by Gasteiger charge is -2.40. The average Bonchev–Trinajstić information content (AvgIpc) is 2.44. The summed E-state index contributed by atoms with van der Waals surface area (Å²) in [6, 6.07) is 2.28. The molecule has 0 radical (unpaired) electrons. The second kappa shape index (κ2) is 8.52. The molecule has 1 fully saturated rings. The van der Waals surface area contributed by atoms with Crippen LogP contribution in [0.4, 0.5) is 0 Å². The van der Waals surface area contributed by atoms with Gasteiger partial charge in [0.2, 0.25) is 0 Å². The number of aliphatic hydroxyl groups is 1. The SMILES string of the molecule is CCC(CC)(CCC#N)CN1CCOC(CCO)C1. The van der Waals surface area contributed by atoms with Crippen molar-refractivity contribution in [2.45, 2.75) is 52.1 Å². The van der Waals surface area contributed by atoms with Crippen LogP contribution in [-0.4, -0.2) is 49.0 Å². The minimum atomic E-state index is 0.168. The molecule has 4 heteroatoms. The molecular formula is C15H28N2O2. The summed E-state index contributed by atoms with van der Waals surface area (Å²) in [6.45, 7) is 8.34. The summed E-state index contributed by atoms with van der Waals surface area (Å²) < 4.78 is 5.66. The van der Waals surface area contributed by atoms with Gasteiger partial charge in [-0.3, -0.25) is 4.90 Å². The van der Waals surface area contributed by atoms with Crippen molar-refractivity contribution >= 4 is 0 Å². The van der Waals surface area contributed by atoms with Gasteiger partial charge in [0.25, 0.3) is 0 Å². The van der Waals surface area contributed by atoms with Crippen LogP contribution >= 0.6 is 0 Å². The minimum absolute atomic E-state index is 0.168. The lowest BCUT2D eigenvalue weighted by molar-refractivity contribution is -0.0513. The molecule has 1 aliphatic heterocycles. The molecule has 0 aromatic rings. The third-order valence-corrected chi connectivity index (χ3v) is 4.50. The Morgan fingerprint density at radius 2 is 2.16 bits per heavy atom. The Bertz CT molecular complexity index is 282. The maximum absolute atomic E-state index is 9.01. The van der Waals surface area contributed by atoms with Crippen molar-refractivity contribution in [1.29, 1.82) is 5.26 Å². The Morgan fingerprint density at radius 1 is 1.42 bits per heavy atom. The van der Waals surface area contributed by atoms with Gasteiger partial charge in [-0.15, -0.1) is 0 Å². The Morgan fingerprint density at radius 3 is 2.74 bits per heavy atom. The number of nitrogens with zero attached hydrogens (tertiary/aromatic N) is 2. The second-order valence-electron chi connectivity index (χ2n) is 5.61. The zero-order valence-electron chi connectivity index (χ0n) is 12.4. The second-order valence-corrected chi connectivity index (χ2v) is 5.61. The molecule has 0 bridgehead atoms. The van der Waals surface area contributed by atoms with E-state index in [1.807, 2.05) is 0 Å². The first-order valence-corrected chi connectivity index (χ1v) is 7.51. The normalized spacial score (nSPS) is 21.3. The van der Waals surface area contributed by atoms with Crippen molar-refractivity contribution in [1.82, 2.24) is 4.90 Å². The van der Waals surface area contributed by atoms with E-state index in [0.717, 1.165) is 51.9 Å². The summed E-state index contributed by atoms with van der Waals surface area (Å²) in [5.74, 6) is 0. The fraction of sp³-hybridized carbons (Fsp3) is 0.933. The molecule has 0 saturated carbocycles. The molecule has 0 amide bonds. The van der Waals surface area contributed by atoms with Crippen molar-refractivity contribution in [2.24, 2.45) is 5.41 Å². The van der Waals surface area contributed by atoms with Crippen molar-refractivity contribution in [3.05, 3.63) is 0 Å². The molecule has 0 aromatic carbocycles. The number of morpholine rings is 1. The highest BCUT2D eigenvalue weighted by atomic mass is 16.5. The van der Waals surface area contributed by atoms with Crippen LogP contribution in [0.15, 0.2) is 0 Å². The molecule has 1 heterocycles. The lowest BCUT2D eigenvalue weighted by atomic mass is 9.77. The summed E-state index contributed by atoms with van der Waals surface area (Å²) in [6.07, 6.45) is 4.76. The summed E-state index contributed by atoms with van der Waals surface area (Å²) in [4.78, 5) is 2.45. The first-order chi connectivity index (χ1) is 9.19. The van der Waals surface area contributed by atoms with Crippen LogP contribution in [0.2, 0.25) is 0 Å². The molecule has 1 atom stereocenters. The van der Waals surface area contributed by atoms with Gasteiger partial charge in [-0.05, 0) is 31.1 Å². The van der Waals surface area contributed by atoms with Crippen molar-refractivity contribution < 1.29 is 9.84 Å². The van der Waals surface area contributed by atoms with E-state index >= 15 is 0 Å². The first-order valence-electron chi connectivity index (χ1n) is 7.51. The Kier molecular flexibility index (Phi) is 7.37. The van der Waals surface area contributed by atoms with E-state index in [1.165, 1.54) is 0 Å². The molecule has 0 aromatic heterocycles. The van der Waals surface area contributed by atoms with E-state index in [4.69, 9.17) is 15.1 Å². The van der Waals surface area contributed by atoms with Gasteiger partial charge >= 0.3 is 0 Å². The fourth-order valence-corrected chi connectivity index (χ4v) is 2.94. The van der Waals surface area contributed by atoms with Crippen molar-refractivity contribution in [3.63, 3.8) is 0 Å². The summed E-state index contributed by atoms with van der Waals surface area (Å²) >= 11 is 0. The van der Waals surface area contributed by atoms with E-state index in [2.05, 4.69) is 24.8 Å². The van der Waals surface area contributed by atoms with Crippen LogP contribution < -0.4 is 0 Å². The standard InChI is InChI=1S/C15H28N2O2/c1-3-15(4-2,7-5-8-16)13-17-9-11-19-14(12-17)6-10-18/h14,18H,3-7,9-13H2,1-2H3. The van der Waals surface area contributed by atoms with Crippen LogP contribution in [-0.2, 0) is 4.74 Å². The van der Waals surface area contributed by atoms with Gasteiger partial charge < -0.3 is 9.84 Å². The van der Waals surface area contributed by atoms with E-state index in [-0.39, 0.29) is 18.1 Å². The maximum atomic E-state index is 9.01. The van der Waals surface area contributed by atoms with Crippen LogP contribution in [0.5, 0.6) is 0 Å². The first kappa shape index (κ1) is 16.4. The monoisotopic (exact) mass is 268 g/mol. The molecule has 1 aliphatic rings. The van der Waals surface area contributed by atoms with Crippen LogP contribution in [0, 0.1) is 16.7 Å². The Balaban J connectivity index is 2.55. The van der Waals surface area contributed by atoms with Crippen LogP contribution in [0.3, 0.4) is 0 Å². The largest absolute Gasteiger partial charge is 0.396 e. The number of hydrogen-bond donors (Lipinski definition) is 1. The highest BCUT2D eigenvalue weighted by Crippen LogP contribution is 2.33. The zero-order chi connectivity index (χ0) is 14.1. The van der Waals surface area contributed by atoms with Crippen molar-refractivity contribution in [2.75, 3.05) is 32.8 Å². The number of ether oxygens (including phenoxy) is 1. The van der Waals surface area contributed by atoms with Gasteiger partial charge in [-0.2, -0.15) is 5.26 Å². The zero-order valence-corrected chi connectivity index (χ0v) is 12.4. The predicted molar refractivity (Wildman–Crippen MR) is 75.7 cm³/mol. The highest BCUT2D eigenvalue weighted by molar-refractivity contribution is 4.86. The molecule has 110 valence electrons. The molecule has 0 spiro atoms. The van der Waals surface area contributed by atoms with E-state index in [1.54, 1.807) is 0 Å². The molecule has 0 aliphatic carbocycles. The maximum Gasteiger partial charge on any atom is 0.0724 e. The van der Waals surface area contributed by atoms with Crippen molar-refractivity contribution in [3.8, 4) is 6.07 Å². The van der Waals surface area contributed by atoms with E-state index in [9.17, 15) is 0 Å². The van der Waals surface area contributed by atoms with Gasteiger partial charge in [-0.25, -0.2) is 0 Å². The quantitative estimate of drug-likeness (QED) is 0.733. The predicted octanol–water partition coefficient (Wildman–Crippen LogP) is 2.18. The molecule has 1 saturated heterocycles. The molecule has 1 N–H and O–H groups in total. The van der Waals surface area contributed by atoms with E-state index < -0.39 is 0 Å². The number of nitriles is 1. The molecule has 1 rings (SSSR count). The van der Waals surface area contributed by atoms with Gasteiger partial charge in [-0.1, -0.05) is 13.8 Å². The van der Waals surface area contributed by atoms with Crippen LogP contribution in [0.1, 0.15) is 46.0 Å². The third-order valence-electron chi connectivity index (χ3n) is 4.50. The van der Waals surface area contributed by atoms with Crippen LogP contribution in [0.25, 0.3) is 0 Å². The summed E-state index contributed by atoms with van der Waals surface area (Å²) in [5.41, 5.74) is 0.261. The number of rotatable bonds is 8. The topological polar surface area (TPSA) is 56.5 Å². The van der Waals surface area contributed by atoms with E-state index in [0.29, 0.717) is 6.42 Å². The van der Waals surface area contributed by atoms with Gasteiger partial charge in [0.15, 0.2) is 0 Å². The summed E-state index contributed by atoms with van der Waals surface area (Å²) in [7, 11) is 0. The lowest BCUT2D eigenvalue weighted by Crippen LogP contribution is -2.47. The number of hydrogen-bond acceptors (Lipinski definition) is 4. The van der Waals surface area contributed by atoms with Gasteiger partial charge in [0.1, 0.15) is 0 Å². The average molecular weight is 268 g/mol. The molecule has 1 unspecified atom stereocenters. The Labute approximate surface area is 117 Å². The van der Waals surface area contributed by atoms with Gasteiger partial charge in [0, 0.05) is 32.7 Å². The van der Waals surface area contributed by atoms with Gasteiger partial charge in [0.05, 0.1) is 18.8 Å². The fourth-order valence-electron chi connectivity index (χ4n) is 2.94. The number of aliphatic hydroxyl groups excluding tert-OH is 1. The highest BCUT2D eigenvalue weighted by Gasteiger charge is 2.30. The molecule has 4 nitrogen and oxygen atoms in total. The minimum Gasteiger partial charge on any atom is -0.396 e. The third kappa shape index (κ3) is 5.10. The summed E-state index contributed by atoms with van der Waals surface area (Å²) in [5, 5.41) is 17.8. The molecule has 19 heavy (non-hydrogen) atoms.